The van der Waals surface area contributed by atoms with Crippen molar-refractivity contribution >= 4 is 11.8 Å². The normalized spacial score (nSPS) is 17.5. The molecule has 1 aliphatic heterocycles. The van der Waals surface area contributed by atoms with Crippen LogP contribution < -0.4 is 11.2 Å². The molecule has 1 atom stereocenters. The van der Waals surface area contributed by atoms with Crippen molar-refractivity contribution in [1.29, 1.82) is 0 Å². The van der Waals surface area contributed by atoms with Gasteiger partial charge in [-0.1, -0.05) is 37.3 Å². The number of aromatic nitrogens is 2. The molecule has 148 valence electrons. The molecule has 1 aliphatic rings. The quantitative estimate of drug-likeness (QED) is 0.789. The maximum Gasteiger partial charge on any atom is 0.325 e. The van der Waals surface area contributed by atoms with Crippen molar-refractivity contribution in [2.45, 2.75) is 38.8 Å². The Morgan fingerprint density at radius 3 is 2.61 bits per heavy atom. The first kappa shape index (κ1) is 19.6. The minimum absolute atomic E-state index is 0.0212. The molecule has 1 aromatic heterocycles. The number of hydrogen-bond acceptors (Lipinski definition) is 4. The van der Waals surface area contributed by atoms with Crippen LogP contribution >= 0.6 is 0 Å². The number of benzene rings is 1. The maximum atomic E-state index is 12.7. The van der Waals surface area contributed by atoms with Gasteiger partial charge < -0.3 is 14.8 Å². The van der Waals surface area contributed by atoms with Crippen LogP contribution in [0.5, 0.6) is 0 Å². The van der Waals surface area contributed by atoms with Gasteiger partial charge in [0.05, 0.1) is 6.42 Å². The van der Waals surface area contributed by atoms with Crippen LogP contribution in [-0.2, 0) is 22.6 Å². The third-order valence-electron chi connectivity index (χ3n) is 5.05. The number of amides is 2. The van der Waals surface area contributed by atoms with Gasteiger partial charge in [-0.25, -0.2) is 4.79 Å². The summed E-state index contributed by atoms with van der Waals surface area (Å²) in [7, 11) is 0. The van der Waals surface area contributed by atoms with E-state index in [1.165, 1.54) is 6.20 Å². The second-order valence-corrected chi connectivity index (χ2v) is 6.93. The highest BCUT2D eigenvalue weighted by Gasteiger charge is 2.30. The summed E-state index contributed by atoms with van der Waals surface area (Å²) in [6.07, 6.45) is 2.12. The molecule has 0 spiro atoms. The van der Waals surface area contributed by atoms with E-state index in [0.29, 0.717) is 19.6 Å². The van der Waals surface area contributed by atoms with Crippen molar-refractivity contribution in [3.63, 3.8) is 0 Å². The average molecular weight is 384 g/mol. The zero-order valence-corrected chi connectivity index (χ0v) is 15.8. The van der Waals surface area contributed by atoms with E-state index in [1.807, 2.05) is 42.2 Å². The molecule has 2 amide bonds. The number of H-pyrrole nitrogens is 2. The third-order valence-corrected chi connectivity index (χ3v) is 5.05. The van der Waals surface area contributed by atoms with Crippen molar-refractivity contribution in [1.82, 2.24) is 19.8 Å². The van der Waals surface area contributed by atoms with E-state index in [0.717, 1.165) is 12.0 Å². The molecule has 8 heteroatoms. The van der Waals surface area contributed by atoms with E-state index in [9.17, 15) is 19.2 Å². The minimum Gasteiger partial charge on any atom is -0.340 e. The van der Waals surface area contributed by atoms with Crippen molar-refractivity contribution in [2.75, 3.05) is 13.1 Å². The second-order valence-electron chi connectivity index (χ2n) is 6.93. The Balaban J connectivity index is 1.74. The third kappa shape index (κ3) is 4.57. The summed E-state index contributed by atoms with van der Waals surface area (Å²) in [6, 6.07) is 9.69. The Labute approximate surface area is 162 Å². The molecule has 8 nitrogen and oxygen atoms in total. The van der Waals surface area contributed by atoms with E-state index in [-0.39, 0.29) is 36.3 Å². The average Bonchev–Trinajstić information content (AvgIpc) is 2.84. The van der Waals surface area contributed by atoms with E-state index in [1.54, 1.807) is 4.90 Å². The molecule has 1 fully saturated rings. The lowest BCUT2D eigenvalue weighted by Crippen LogP contribution is -2.44. The maximum absolute atomic E-state index is 12.7. The Hall–Kier alpha value is -3.16. The molecular formula is C20H24N4O4. The van der Waals surface area contributed by atoms with Gasteiger partial charge in [-0.05, 0) is 12.0 Å². The van der Waals surface area contributed by atoms with Crippen LogP contribution in [-0.4, -0.2) is 50.7 Å². The van der Waals surface area contributed by atoms with Gasteiger partial charge in [0, 0.05) is 43.9 Å². The zero-order valence-electron chi connectivity index (χ0n) is 15.8. The van der Waals surface area contributed by atoms with Gasteiger partial charge in [-0.3, -0.25) is 19.4 Å². The van der Waals surface area contributed by atoms with Gasteiger partial charge in [-0.15, -0.1) is 0 Å². The van der Waals surface area contributed by atoms with Gasteiger partial charge in [0.25, 0.3) is 5.56 Å². The van der Waals surface area contributed by atoms with Crippen LogP contribution in [0.2, 0.25) is 0 Å². The van der Waals surface area contributed by atoms with Crippen LogP contribution in [0.15, 0.2) is 46.1 Å². The monoisotopic (exact) mass is 384 g/mol. The molecule has 0 saturated carbocycles. The highest BCUT2D eigenvalue weighted by atomic mass is 16.2. The van der Waals surface area contributed by atoms with E-state index < -0.39 is 11.2 Å². The van der Waals surface area contributed by atoms with Gasteiger partial charge >= 0.3 is 5.69 Å². The molecule has 0 radical (unpaired) electrons. The molecule has 1 saturated heterocycles. The predicted molar refractivity (Wildman–Crippen MR) is 104 cm³/mol. The first-order chi connectivity index (χ1) is 13.5. The second kappa shape index (κ2) is 8.69. The van der Waals surface area contributed by atoms with E-state index in [2.05, 4.69) is 9.97 Å². The largest absolute Gasteiger partial charge is 0.340 e. The number of carbonyl (C=O) groups is 2. The topological polar surface area (TPSA) is 106 Å². The Bertz CT molecular complexity index is 950. The smallest absolute Gasteiger partial charge is 0.325 e. The molecular weight excluding hydrogens is 360 g/mol. The molecule has 0 bridgehead atoms. The molecule has 3 rings (SSSR count). The number of nitrogens with zero attached hydrogens (tertiary/aromatic N) is 2. The van der Waals surface area contributed by atoms with Crippen molar-refractivity contribution in [3.05, 3.63) is 68.5 Å². The van der Waals surface area contributed by atoms with Crippen LogP contribution in [0.3, 0.4) is 0 Å². The molecule has 2 aromatic rings. The number of aromatic amines is 2. The fourth-order valence-corrected chi connectivity index (χ4v) is 3.44. The van der Waals surface area contributed by atoms with Gasteiger partial charge in [0.15, 0.2) is 0 Å². The first-order valence-corrected chi connectivity index (χ1v) is 9.40. The summed E-state index contributed by atoms with van der Waals surface area (Å²) in [5.74, 6) is -0.210. The van der Waals surface area contributed by atoms with Crippen LogP contribution in [0.1, 0.15) is 30.9 Å². The lowest BCUT2D eigenvalue weighted by molar-refractivity contribution is -0.133. The van der Waals surface area contributed by atoms with Crippen LogP contribution in [0.25, 0.3) is 0 Å². The van der Waals surface area contributed by atoms with Gasteiger partial charge in [0.2, 0.25) is 11.8 Å². The molecule has 2 N–H and O–H groups in total. The first-order valence-electron chi connectivity index (χ1n) is 9.40. The molecule has 2 heterocycles. The summed E-state index contributed by atoms with van der Waals surface area (Å²) in [5, 5.41) is 0. The Kier molecular flexibility index (Phi) is 6.08. The minimum atomic E-state index is -0.607. The fourth-order valence-electron chi connectivity index (χ4n) is 3.44. The Morgan fingerprint density at radius 1 is 1.18 bits per heavy atom. The van der Waals surface area contributed by atoms with Crippen LogP contribution in [0, 0.1) is 0 Å². The molecule has 1 aromatic carbocycles. The molecule has 28 heavy (non-hydrogen) atoms. The predicted octanol–water partition coefficient (Wildman–Crippen LogP) is 0.645. The summed E-state index contributed by atoms with van der Waals surface area (Å²) in [6.45, 7) is 3.26. The summed E-state index contributed by atoms with van der Waals surface area (Å²) >= 11 is 0. The standard InChI is InChI=1S/C20H24N4O4/c1-2-16-13-23(18(26)10-15-11-21-20(28)22-19(15)27)9-8-17(25)24(16)12-14-6-4-3-5-7-14/h3-7,11,16H,2,8-10,12-13H2,1H3,(H2,21,22,27,28)/t16-/m1/s1. The summed E-state index contributed by atoms with van der Waals surface area (Å²) in [5.41, 5.74) is 0.0770. The highest BCUT2D eigenvalue weighted by Crippen LogP contribution is 2.18. The van der Waals surface area contributed by atoms with Crippen molar-refractivity contribution < 1.29 is 9.59 Å². The van der Waals surface area contributed by atoms with Crippen molar-refractivity contribution in [3.8, 4) is 0 Å². The van der Waals surface area contributed by atoms with E-state index in [4.69, 9.17) is 0 Å². The van der Waals surface area contributed by atoms with E-state index >= 15 is 0 Å². The zero-order chi connectivity index (χ0) is 20.1. The molecule has 0 unspecified atom stereocenters. The Morgan fingerprint density at radius 2 is 1.93 bits per heavy atom. The number of carbonyl (C=O) groups excluding carboxylic acids is 2. The van der Waals surface area contributed by atoms with Gasteiger partial charge in [-0.2, -0.15) is 0 Å². The van der Waals surface area contributed by atoms with Crippen LogP contribution in [0.4, 0.5) is 0 Å². The fraction of sp³-hybridized carbons (Fsp3) is 0.400. The number of rotatable bonds is 5. The summed E-state index contributed by atoms with van der Waals surface area (Å²) in [4.78, 5) is 56.4. The molecule has 0 aliphatic carbocycles. The number of nitrogens with one attached hydrogen (secondary N) is 2. The van der Waals surface area contributed by atoms with Gasteiger partial charge in [0.1, 0.15) is 0 Å². The lowest BCUT2D eigenvalue weighted by atomic mass is 10.1. The number of hydrogen-bond donors (Lipinski definition) is 2. The summed E-state index contributed by atoms with van der Waals surface area (Å²) < 4.78 is 0. The lowest BCUT2D eigenvalue weighted by Gasteiger charge is -2.31. The highest BCUT2D eigenvalue weighted by molar-refractivity contribution is 5.81. The SMILES string of the molecule is CC[C@@H]1CN(C(=O)Cc2c[nH]c(=O)[nH]c2=O)CCC(=O)N1Cc1ccccc1. The van der Waals surface area contributed by atoms with Crippen molar-refractivity contribution in [2.24, 2.45) is 0 Å².